The van der Waals surface area contributed by atoms with Crippen LogP contribution in [-0.2, 0) is 0 Å². The molecule has 0 aliphatic heterocycles. The lowest BCUT2D eigenvalue weighted by Gasteiger charge is -2.01. The first kappa shape index (κ1) is 8.76. The molecule has 1 aromatic heterocycles. The number of carbonyl (C=O) groups is 1. The van der Waals surface area contributed by atoms with Gasteiger partial charge < -0.3 is 10.5 Å². The molecule has 0 bridgehead atoms. The van der Waals surface area contributed by atoms with Crippen molar-refractivity contribution < 1.29 is 9.90 Å². The SMILES string of the molecule is NNc1cc(C(=O)O)c(Cl)cn1. The predicted octanol–water partition coefficient (Wildman–Crippen LogP) is 0.719. The summed E-state index contributed by atoms with van der Waals surface area (Å²) in [6.45, 7) is 0. The maximum Gasteiger partial charge on any atom is 0.337 e. The molecule has 5 nitrogen and oxygen atoms in total. The second-order valence-corrected chi connectivity index (χ2v) is 2.41. The molecule has 1 aromatic rings. The average molecular weight is 188 g/mol. The minimum absolute atomic E-state index is 0.0281. The Kier molecular flexibility index (Phi) is 2.47. The summed E-state index contributed by atoms with van der Waals surface area (Å²) in [7, 11) is 0. The Labute approximate surface area is 73.1 Å². The van der Waals surface area contributed by atoms with Crippen LogP contribution >= 0.6 is 11.6 Å². The Morgan fingerprint density at radius 1 is 1.75 bits per heavy atom. The van der Waals surface area contributed by atoms with Gasteiger partial charge in [0.2, 0.25) is 0 Å². The van der Waals surface area contributed by atoms with E-state index in [2.05, 4.69) is 10.4 Å². The third-order valence-corrected chi connectivity index (χ3v) is 1.53. The number of nitrogen functional groups attached to an aromatic ring is 1. The van der Waals surface area contributed by atoms with Crippen molar-refractivity contribution in [1.29, 1.82) is 0 Å². The molecular formula is C6H6ClN3O2. The Morgan fingerprint density at radius 3 is 2.92 bits per heavy atom. The Balaban J connectivity index is 3.17. The van der Waals surface area contributed by atoms with Gasteiger partial charge in [0, 0.05) is 6.20 Å². The fourth-order valence-electron chi connectivity index (χ4n) is 0.682. The summed E-state index contributed by atoms with van der Waals surface area (Å²) in [6.07, 6.45) is 1.22. The number of halogens is 1. The molecule has 4 N–H and O–H groups in total. The number of hydrogen-bond donors (Lipinski definition) is 3. The zero-order chi connectivity index (χ0) is 9.14. The Morgan fingerprint density at radius 2 is 2.42 bits per heavy atom. The number of hydrazine groups is 1. The van der Waals surface area contributed by atoms with Crippen LogP contribution in [0.4, 0.5) is 5.82 Å². The molecule has 0 atom stereocenters. The highest BCUT2D eigenvalue weighted by molar-refractivity contribution is 6.33. The molecule has 0 aromatic carbocycles. The third-order valence-electron chi connectivity index (χ3n) is 1.23. The molecule has 0 amide bonds. The number of pyridine rings is 1. The molecule has 0 spiro atoms. The smallest absolute Gasteiger partial charge is 0.337 e. The molecule has 0 fully saturated rings. The average Bonchev–Trinajstić information content (AvgIpc) is 2.05. The van der Waals surface area contributed by atoms with Crippen molar-refractivity contribution in [2.45, 2.75) is 0 Å². The molecule has 0 aliphatic carbocycles. The van der Waals surface area contributed by atoms with Crippen LogP contribution in [0.25, 0.3) is 0 Å². The van der Waals surface area contributed by atoms with Crippen LogP contribution in [0, 0.1) is 0 Å². The standard InChI is InChI=1S/C6H6ClN3O2/c7-4-2-9-5(10-8)1-3(4)6(11)12/h1-2H,8H2,(H,9,10)(H,11,12). The van der Waals surface area contributed by atoms with E-state index in [1.807, 2.05) is 0 Å². The summed E-state index contributed by atoms with van der Waals surface area (Å²) in [5.41, 5.74) is 2.19. The van der Waals surface area contributed by atoms with E-state index in [0.717, 1.165) is 0 Å². The van der Waals surface area contributed by atoms with Crippen LogP contribution in [0.1, 0.15) is 10.4 Å². The number of nitrogens with one attached hydrogen (secondary N) is 1. The summed E-state index contributed by atoms with van der Waals surface area (Å²) >= 11 is 5.54. The van der Waals surface area contributed by atoms with Crippen LogP contribution in [-0.4, -0.2) is 16.1 Å². The molecule has 0 unspecified atom stereocenters. The van der Waals surface area contributed by atoms with Gasteiger partial charge in [0.1, 0.15) is 5.82 Å². The predicted molar refractivity (Wildman–Crippen MR) is 44.0 cm³/mol. The van der Waals surface area contributed by atoms with E-state index in [0.29, 0.717) is 0 Å². The van der Waals surface area contributed by atoms with Crippen LogP contribution in [0.15, 0.2) is 12.3 Å². The fraction of sp³-hybridized carbons (Fsp3) is 0. The monoisotopic (exact) mass is 187 g/mol. The highest BCUT2D eigenvalue weighted by Crippen LogP contribution is 2.16. The van der Waals surface area contributed by atoms with Crippen LogP contribution in [0.2, 0.25) is 5.02 Å². The Hall–Kier alpha value is -1.33. The number of anilines is 1. The minimum atomic E-state index is -1.11. The van der Waals surface area contributed by atoms with Gasteiger partial charge in [-0.1, -0.05) is 11.6 Å². The zero-order valence-electron chi connectivity index (χ0n) is 5.91. The van der Waals surface area contributed by atoms with E-state index < -0.39 is 5.97 Å². The molecule has 6 heteroatoms. The molecule has 1 rings (SSSR count). The summed E-state index contributed by atoms with van der Waals surface area (Å²) in [5, 5.41) is 8.69. The van der Waals surface area contributed by atoms with E-state index in [-0.39, 0.29) is 16.4 Å². The van der Waals surface area contributed by atoms with Gasteiger partial charge in [-0.3, -0.25) is 0 Å². The quantitative estimate of drug-likeness (QED) is 0.469. The van der Waals surface area contributed by atoms with E-state index in [1.54, 1.807) is 0 Å². The zero-order valence-corrected chi connectivity index (χ0v) is 6.67. The molecule has 0 radical (unpaired) electrons. The number of nitrogens with two attached hydrogens (primary N) is 1. The van der Waals surface area contributed by atoms with Crippen molar-refractivity contribution in [3.05, 3.63) is 22.8 Å². The van der Waals surface area contributed by atoms with Crippen LogP contribution in [0.3, 0.4) is 0 Å². The van der Waals surface area contributed by atoms with Gasteiger partial charge in [-0.05, 0) is 6.07 Å². The second-order valence-electron chi connectivity index (χ2n) is 2.00. The highest BCUT2D eigenvalue weighted by atomic mass is 35.5. The molecule has 0 aliphatic rings. The molecule has 0 saturated heterocycles. The van der Waals surface area contributed by atoms with Crippen LogP contribution in [0.5, 0.6) is 0 Å². The first-order valence-corrected chi connectivity index (χ1v) is 3.38. The van der Waals surface area contributed by atoms with Crippen LogP contribution < -0.4 is 11.3 Å². The van der Waals surface area contributed by atoms with E-state index in [4.69, 9.17) is 22.6 Å². The number of aromatic carboxylic acids is 1. The van der Waals surface area contributed by atoms with Gasteiger partial charge in [-0.2, -0.15) is 0 Å². The minimum Gasteiger partial charge on any atom is -0.478 e. The maximum atomic E-state index is 10.5. The number of carboxylic acids is 1. The van der Waals surface area contributed by atoms with Gasteiger partial charge in [0.25, 0.3) is 0 Å². The first-order chi connectivity index (χ1) is 5.65. The topological polar surface area (TPSA) is 88.2 Å². The first-order valence-electron chi connectivity index (χ1n) is 3.00. The van der Waals surface area contributed by atoms with Crippen molar-refractivity contribution in [2.75, 3.05) is 5.43 Å². The van der Waals surface area contributed by atoms with Crippen molar-refractivity contribution >= 4 is 23.4 Å². The maximum absolute atomic E-state index is 10.5. The Bertz CT molecular complexity index is 316. The highest BCUT2D eigenvalue weighted by Gasteiger charge is 2.09. The van der Waals surface area contributed by atoms with E-state index in [1.165, 1.54) is 12.3 Å². The van der Waals surface area contributed by atoms with Crippen molar-refractivity contribution in [3.63, 3.8) is 0 Å². The van der Waals surface area contributed by atoms with Gasteiger partial charge in [0.05, 0.1) is 10.6 Å². The lowest BCUT2D eigenvalue weighted by atomic mass is 10.2. The number of nitrogens with zero attached hydrogens (tertiary/aromatic N) is 1. The number of carboxylic acid groups (broad SMARTS) is 1. The molecule has 1 heterocycles. The molecule has 0 saturated carbocycles. The van der Waals surface area contributed by atoms with Crippen molar-refractivity contribution in [2.24, 2.45) is 5.84 Å². The van der Waals surface area contributed by atoms with E-state index in [9.17, 15) is 4.79 Å². The normalized spacial score (nSPS) is 9.50. The second kappa shape index (κ2) is 3.38. The lowest BCUT2D eigenvalue weighted by Crippen LogP contribution is -2.10. The summed E-state index contributed by atoms with van der Waals surface area (Å²) in [4.78, 5) is 14.2. The summed E-state index contributed by atoms with van der Waals surface area (Å²) in [5.74, 6) is 4.17. The van der Waals surface area contributed by atoms with Gasteiger partial charge >= 0.3 is 5.97 Å². The molecular weight excluding hydrogens is 182 g/mol. The van der Waals surface area contributed by atoms with Gasteiger partial charge in [0.15, 0.2) is 0 Å². The summed E-state index contributed by atoms with van der Waals surface area (Å²) < 4.78 is 0. The van der Waals surface area contributed by atoms with Gasteiger partial charge in [-0.25, -0.2) is 15.6 Å². The lowest BCUT2D eigenvalue weighted by molar-refractivity contribution is 0.0697. The fourth-order valence-corrected chi connectivity index (χ4v) is 0.866. The summed E-state index contributed by atoms with van der Waals surface area (Å²) in [6, 6.07) is 1.25. The van der Waals surface area contributed by atoms with E-state index >= 15 is 0 Å². The largest absolute Gasteiger partial charge is 0.478 e. The van der Waals surface area contributed by atoms with Gasteiger partial charge in [-0.15, -0.1) is 0 Å². The van der Waals surface area contributed by atoms with Crippen molar-refractivity contribution in [1.82, 2.24) is 4.98 Å². The number of hydrogen-bond acceptors (Lipinski definition) is 4. The number of rotatable bonds is 2. The molecule has 12 heavy (non-hydrogen) atoms. The van der Waals surface area contributed by atoms with Crippen molar-refractivity contribution in [3.8, 4) is 0 Å². The molecule has 64 valence electrons. The number of aromatic nitrogens is 1. The third kappa shape index (κ3) is 1.63.